The molecule has 1 unspecified atom stereocenters. The van der Waals surface area contributed by atoms with Crippen LogP contribution in [0.4, 0.5) is 24.8 Å². The third-order valence-electron chi connectivity index (χ3n) is 2.59. The van der Waals surface area contributed by atoms with Crippen LogP contribution in [0, 0.1) is 0 Å². The minimum atomic E-state index is -4.41. The number of nitrogens with two attached hydrogens (primary N) is 1. The first kappa shape index (κ1) is 14.9. The summed E-state index contributed by atoms with van der Waals surface area (Å²) in [6.45, 7) is 1.93. The monoisotopic (exact) mass is 279 g/mol. The van der Waals surface area contributed by atoms with Crippen LogP contribution in [0.3, 0.4) is 0 Å². The third-order valence-corrected chi connectivity index (χ3v) is 3.41. The summed E-state index contributed by atoms with van der Waals surface area (Å²) in [5, 5.41) is 0. The molecule has 0 aromatic carbocycles. The van der Waals surface area contributed by atoms with Crippen LogP contribution in [-0.2, 0) is 6.18 Å². The second-order valence-corrected chi connectivity index (χ2v) is 4.96. The van der Waals surface area contributed by atoms with Crippen molar-refractivity contribution < 1.29 is 13.2 Å². The van der Waals surface area contributed by atoms with Crippen molar-refractivity contribution in [3.8, 4) is 0 Å². The summed E-state index contributed by atoms with van der Waals surface area (Å²) in [5.41, 5.74) is 4.65. The lowest BCUT2D eigenvalue weighted by Crippen LogP contribution is -2.32. The van der Waals surface area contributed by atoms with Crippen molar-refractivity contribution in [2.24, 2.45) is 0 Å². The molecule has 7 heteroatoms. The Bertz CT molecular complexity index is 409. The summed E-state index contributed by atoms with van der Waals surface area (Å²) in [7, 11) is 1.71. The summed E-state index contributed by atoms with van der Waals surface area (Å²) < 4.78 is 38.0. The van der Waals surface area contributed by atoms with Crippen molar-refractivity contribution in [3.05, 3.63) is 17.7 Å². The van der Waals surface area contributed by atoms with Gasteiger partial charge in [0.2, 0.25) is 0 Å². The normalized spacial score (nSPS) is 13.4. The Morgan fingerprint density at radius 1 is 1.44 bits per heavy atom. The SMILES string of the molecule is CSCC(C)N(C)c1cc(C(F)(F)F)cc(N)n1. The molecule has 1 aromatic heterocycles. The highest BCUT2D eigenvalue weighted by Crippen LogP contribution is 2.32. The molecule has 0 fully saturated rings. The van der Waals surface area contributed by atoms with E-state index < -0.39 is 11.7 Å². The van der Waals surface area contributed by atoms with Crippen molar-refractivity contribution in [3.63, 3.8) is 0 Å². The van der Waals surface area contributed by atoms with Gasteiger partial charge in [-0.25, -0.2) is 4.98 Å². The summed E-state index contributed by atoms with van der Waals surface area (Å²) >= 11 is 1.62. The molecule has 1 aromatic rings. The lowest BCUT2D eigenvalue weighted by Gasteiger charge is -2.26. The molecule has 0 saturated heterocycles. The number of pyridine rings is 1. The Labute approximate surface area is 109 Å². The molecule has 1 rings (SSSR count). The lowest BCUT2D eigenvalue weighted by molar-refractivity contribution is -0.137. The van der Waals surface area contributed by atoms with Gasteiger partial charge in [0.15, 0.2) is 0 Å². The van der Waals surface area contributed by atoms with E-state index in [1.807, 2.05) is 13.2 Å². The second kappa shape index (κ2) is 5.69. The molecule has 0 spiro atoms. The van der Waals surface area contributed by atoms with Gasteiger partial charge >= 0.3 is 6.18 Å². The van der Waals surface area contributed by atoms with Crippen LogP contribution in [0.25, 0.3) is 0 Å². The van der Waals surface area contributed by atoms with E-state index >= 15 is 0 Å². The highest BCUT2D eigenvalue weighted by atomic mass is 32.2. The quantitative estimate of drug-likeness (QED) is 0.920. The van der Waals surface area contributed by atoms with Gasteiger partial charge in [-0.2, -0.15) is 24.9 Å². The van der Waals surface area contributed by atoms with Gasteiger partial charge in [-0.1, -0.05) is 0 Å². The van der Waals surface area contributed by atoms with E-state index in [4.69, 9.17) is 5.73 Å². The van der Waals surface area contributed by atoms with E-state index in [2.05, 4.69) is 4.98 Å². The maximum absolute atomic E-state index is 12.7. The fraction of sp³-hybridized carbons (Fsp3) is 0.545. The molecule has 0 aliphatic heterocycles. The van der Waals surface area contributed by atoms with E-state index in [0.717, 1.165) is 17.9 Å². The third kappa shape index (κ3) is 3.69. The van der Waals surface area contributed by atoms with E-state index in [1.165, 1.54) is 0 Å². The van der Waals surface area contributed by atoms with Gasteiger partial charge in [0.25, 0.3) is 0 Å². The smallest absolute Gasteiger partial charge is 0.384 e. The van der Waals surface area contributed by atoms with E-state index in [9.17, 15) is 13.2 Å². The Morgan fingerprint density at radius 3 is 2.56 bits per heavy atom. The first-order chi connectivity index (χ1) is 8.25. The van der Waals surface area contributed by atoms with Crippen molar-refractivity contribution in [1.29, 1.82) is 0 Å². The van der Waals surface area contributed by atoms with E-state index in [0.29, 0.717) is 0 Å². The average Bonchev–Trinajstić information content (AvgIpc) is 2.26. The Balaban J connectivity index is 3.06. The molecule has 3 nitrogen and oxygen atoms in total. The maximum atomic E-state index is 12.7. The van der Waals surface area contributed by atoms with Gasteiger partial charge < -0.3 is 10.6 Å². The summed E-state index contributed by atoms with van der Waals surface area (Å²) in [6, 6.07) is 1.94. The van der Waals surface area contributed by atoms with Gasteiger partial charge in [-0.15, -0.1) is 0 Å². The fourth-order valence-electron chi connectivity index (χ4n) is 1.46. The van der Waals surface area contributed by atoms with Crippen molar-refractivity contribution in [1.82, 2.24) is 4.98 Å². The van der Waals surface area contributed by atoms with Gasteiger partial charge in [-0.05, 0) is 25.3 Å². The van der Waals surface area contributed by atoms with Crippen molar-refractivity contribution in [2.75, 3.05) is 29.7 Å². The van der Waals surface area contributed by atoms with Crippen LogP contribution in [0.2, 0.25) is 0 Å². The van der Waals surface area contributed by atoms with Gasteiger partial charge in [-0.3, -0.25) is 0 Å². The van der Waals surface area contributed by atoms with Crippen molar-refractivity contribution >= 4 is 23.4 Å². The number of alkyl halides is 3. The second-order valence-electron chi connectivity index (χ2n) is 4.05. The number of hydrogen-bond donors (Lipinski definition) is 1. The van der Waals surface area contributed by atoms with E-state index in [1.54, 1.807) is 23.7 Å². The molecule has 18 heavy (non-hydrogen) atoms. The molecule has 0 bridgehead atoms. The van der Waals surface area contributed by atoms with Crippen LogP contribution < -0.4 is 10.6 Å². The van der Waals surface area contributed by atoms with Crippen LogP contribution >= 0.6 is 11.8 Å². The Morgan fingerprint density at radius 2 is 2.06 bits per heavy atom. The number of nitrogens with zero attached hydrogens (tertiary/aromatic N) is 2. The minimum Gasteiger partial charge on any atom is -0.384 e. The number of aromatic nitrogens is 1. The highest BCUT2D eigenvalue weighted by molar-refractivity contribution is 7.98. The molecule has 2 N–H and O–H groups in total. The van der Waals surface area contributed by atoms with Crippen LogP contribution in [0.5, 0.6) is 0 Å². The fourth-order valence-corrected chi connectivity index (χ4v) is 2.17. The molecule has 0 radical (unpaired) electrons. The molecule has 1 atom stereocenters. The number of hydrogen-bond acceptors (Lipinski definition) is 4. The van der Waals surface area contributed by atoms with Crippen LogP contribution in [-0.4, -0.2) is 30.1 Å². The van der Waals surface area contributed by atoms with E-state index in [-0.39, 0.29) is 17.7 Å². The van der Waals surface area contributed by atoms with Crippen molar-refractivity contribution in [2.45, 2.75) is 19.1 Å². The first-order valence-electron chi connectivity index (χ1n) is 5.32. The molecule has 0 amide bonds. The summed E-state index contributed by atoms with van der Waals surface area (Å²) in [6.07, 6.45) is -2.46. The highest BCUT2D eigenvalue weighted by Gasteiger charge is 2.32. The summed E-state index contributed by atoms with van der Waals surface area (Å²) in [5.74, 6) is 0.917. The number of anilines is 2. The van der Waals surface area contributed by atoms with Crippen LogP contribution in [0.15, 0.2) is 12.1 Å². The zero-order chi connectivity index (χ0) is 13.9. The maximum Gasteiger partial charge on any atom is 0.416 e. The molecule has 0 aliphatic rings. The summed E-state index contributed by atoms with van der Waals surface area (Å²) in [4.78, 5) is 5.64. The standard InChI is InChI=1S/C11H16F3N3S/c1-7(6-18-3)17(2)10-5-8(11(12,13)14)4-9(15)16-10/h4-5,7H,6H2,1-3H3,(H2,15,16). The molecular weight excluding hydrogens is 263 g/mol. The van der Waals surface area contributed by atoms with Gasteiger partial charge in [0, 0.05) is 18.8 Å². The zero-order valence-corrected chi connectivity index (χ0v) is 11.3. The number of thioether (sulfide) groups is 1. The Hall–Kier alpha value is -1.11. The first-order valence-corrected chi connectivity index (χ1v) is 6.71. The van der Waals surface area contributed by atoms with Crippen LogP contribution in [0.1, 0.15) is 12.5 Å². The van der Waals surface area contributed by atoms with Gasteiger partial charge in [0.1, 0.15) is 11.6 Å². The largest absolute Gasteiger partial charge is 0.416 e. The Kier molecular flexibility index (Phi) is 4.72. The zero-order valence-electron chi connectivity index (χ0n) is 10.5. The number of rotatable bonds is 4. The predicted octanol–water partition coefficient (Wildman–Crippen LogP) is 2.87. The topological polar surface area (TPSA) is 42.1 Å². The predicted molar refractivity (Wildman–Crippen MR) is 69.9 cm³/mol. The minimum absolute atomic E-state index is 0.0791. The molecule has 102 valence electrons. The lowest BCUT2D eigenvalue weighted by atomic mass is 10.2. The number of nitrogen functional groups attached to an aromatic ring is 1. The molecular formula is C11H16F3N3S. The molecule has 1 heterocycles. The number of halogens is 3. The average molecular weight is 279 g/mol. The van der Waals surface area contributed by atoms with Gasteiger partial charge in [0.05, 0.1) is 5.56 Å². The molecule has 0 saturated carbocycles. The molecule has 0 aliphatic carbocycles.